The number of nitrogens with zero attached hydrogens (tertiary/aromatic N) is 2. The van der Waals surface area contributed by atoms with Gasteiger partial charge in [-0.05, 0) is 44.1 Å². The van der Waals surface area contributed by atoms with Crippen LogP contribution in [0.5, 0.6) is 0 Å². The van der Waals surface area contributed by atoms with Gasteiger partial charge in [0.2, 0.25) is 0 Å². The average molecular weight is 247 g/mol. The third kappa shape index (κ3) is 2.09. The second-order valence-electron chi connectivity index (χ2n) is 6.25. The molecule has 0 amide bonds. The summed E-state index contributed by atoms with van der Waals surface area (Å²) in [4.78, 5) is 4.44. The van der Waals surface area contributed by atoms with E-state index in [1.165, 1.54) is 37.9 Å². The zero-order valence-corrected chi connectivity index (χ0v) is 11.6. The number of rotatable bonds is 2. The Labute approximate surface area is 110 Å². The van der Waals surface area contributed by atoms with Gasteiger partial charge in [-0.1, -0.05) is 13.8 Å². The topological polar surface area (TPSA) is 29.9 Å². The van der Waals surface area contributed by atoms with E-state index in [9.17, 15) is 0 Å². The molecular weight excluding hydrogens is 222 g/mol. The van der Waals surface area contributed by atoms with Gasteiger partial charge in [-0.25, -0.2) is 4.98 Å². The van der Waals surface area contributed by atoms with Crippen LogP contribution in [0.15, 0.2) is 12.5 Å². The van der Waals surface area contributed by atoms with Crippen molar-refractivity contribution in [3.05, 3.63) is 18.2 Å². The second-order valence-corrected chi connectivity index (χ2v) is 6.25. The molecule has 1 aromatic heterocycles. The number of imidazole rings is 1. The van der Waals surface area contributed by atoms with Crippen LogP contribution in [0.3, 0.4) is 0 Å². The largest absolute Gasteiger partial charge is 0.331 e. The van der Waals surface area contributed by atoms with Crippen molar-refractivity contribution in [2.45, 2.75) is 51.5 Å². The van der Waals surface area contributed by atoms with Gasteiger partial charge in [0.15, 0.2) is 0 Å². The molecule has 1 saturated carbocycles. The van der Waals surface area contributed by atoms with E-state index < -0.39 is 0 Å². The normalized spacial score (nSPS) is 37.0. The lowest BCUT2D eigenvalue weighted by molar-refractivity contribution is 0.335. The van der Waals surface area contributed by atoms with Crippen molar-refractivity contribution in [1.29, 1.82) is 0 Å². The summed E-state index contributed by atoms with van der Waals surface area (Å²) < 4.78 is 2.49. The second kappa shape index (κ2) is 5.04. The summed E-state index contributed by atoms with van der Waals surface area (Å²) in [6.07, 6.45) is 9.48. The Balaban J connectivity index is 1.82. The van der Waals surface area contributed by atoms with Gasteiger partial charge in [0.1, 0.15) is 0 Å². The van der Waals surface area contributed by atoms with Crippen LogP contribution in [0.25, 0.3) is 0 Å². The van der Waals surface area contributed by atoms with Crippen molar-refractivity contribution in [3.8, 4) is 0 Å². The molecule has 0 radical (unpaired) electrons. The van der Waals surface area contributed by atoms with Gasteiger partial charge in [-0.3, -0.25) is 0 Å². The minimum absolute atomic E-state index is 0.671. The number of hydrogen-bond donors (Lipinski definition) is 1. The van der Waals surface area contributed by atoms with Crippen molar-refractivity contribution in [1.82, 2.24) is 14.9 Å². The molecule has 100 valence electrons. The molecular formula is C15H25N3. The van der Waals surface area contributed by atoms with Gasteiger partial charge < -0.3 is 9.88 Å². The number of aromatic nitrogens is 2. The van der Waals surface area contributed by atoms with Gasteiger partial charge in [0.05, 0.1) is 6.33 Å². The molecule has 1 aromatic rings. The van der Waals surface area contributed by atoms with Crippen LogP contribution in [-0.4, -0.2) is 22.6 Å². The Morgan fingerprint density at radius 1 is 1.28 bits per heavy atom. The Bertz CT molecular complexity index is 392. The molecule has 0 aromatic carbocycles. The third-order valence-corrected chi connectivity index (χ3v) is 5.19. The maximum atomic E-state index is 4.44. The van der Waals surface area contributed by atoms with Gasteiger partial charge in [0.25, 0.3) is 0 Å². The third-order valence-electron chi connectivity index (χ3n) is 5.19. The molecule has 3 heteroatoms. The fourth-order valence-electron chi connectivity index (χ4n) is 3.74. The lowest BCUT2D eigenvalue weighted by Gasteiger charge is -2.28. The van der Waals surface area contributed by atoms with Crippen LogP contribution in [0.4, 0.5) is 0 Å². The summed E-state index contributed by atoms with van der Waals surface area (Å²) in [5.41, 5.74) is 1.47. The average Bonchev–Trinajstić information content (AvgIpc) is 2.99. The highest BCUT2D eigenvalue weighted by molar-refractivity contribution is 5.10. The minimum atomic E-state index is 0.671. The molecule has 1 aliphatic carbocycles. The van der Waals surface area contributed by atoms with Crippen molar-refractivity contribution in [2.75, 3.05) is 13.1 Å². The molecule has 1 aliphatic heterocycles. The Morgan fingerprint density at radius 3 is 2.83 bits per heavy atom. The zero-order valence-electron chi connectivity index (χ0n) is 11.6. The smallest absolute Gasteiger partial charge is 0.0950 e. The monoisotopic (exact) mass is 247 g/mol. The van der Waals surface area contributed by atoms with Crippen LogP contribution in [0.1, 0.15) is 57.2 Å². The summed E-state index contributed by atoms with van der Waals surface area (Å²) in [7, 11) is 0. The van der Waals surface area contributed by atoms with Crippen LogP contribution in [0, 0.1) is 11.8 Å². The van der Waals surface area contributed by atoms with Crippen molar-refractivity contribution < 1.29 is 0 Å². The van der Waals surface area contributed by atoms with Crippen molar-refractivity contribution in [3.63, 3.8) is 0 Å². The summed E-state index contributed by atoms with van der Waals surface area (Å²) in [5, 5.41) is 3.52. The van der Waals surface area contributed by atoms with E-state index in [0.717, 1.165) is 18.4 Å². The van der Waals surface area contributed by atoms with E-state index in [0.29, 0.717) is 12.0 Å². The van der Waals surface area contributed by atoms with E-state index in [2.05, 4.69) is 41.2 Å². The number of nitrogens with one attached hydrogen (secondary N) is 1. The number of hydrogen-bond acceptors (Lipinski definition) is 2. The zero-order chi connectivity index (χ0) is 12.5. The molecule has 1 saturated heterocycles. The lowest BCUT2D eigenvalue weighted by atomic mass is 9.94. The SMILES string of the molecule is CC1CCC(n2cncc2C2CCCNC2)C1C. The van der Waals surface area contributed by atoms with E-state index in [-0.39, 0.29) is 0 Å². The molecule has 4 unspecified atom stereocenters. The van der Waals surface area contributed by atoms with Gasteiger partial charge in [-0.15, -0.1) is 0 Å². The van der Waals surface area contributed by atoms with E-state index in [1.54, 1.807) is 0 Å². The van der Waals surface area contributed by atoms with E-state index >= 15 is 0 Å². The summed E-state index contributed by atoms with van der Waals surface area (Å²) in [6, 6.07) is 0.680. The fraction of sp³-hybridized carbons (Fsp3) is 0.800. The Kier molecular flexibility index (Phi) is 3.42. The molecule has 1 N–H and O–H groups in total. The molecule has 18 heavy (non-hydrogen) atoms. The first-order chi connectivity index (χ1) is 8.77. The highest BCUT2D eigenvalue weighted by Gasteiger charge is 2.33. The van der Waals surface area contributed by atoms with Crippen LogP contribution in [0.2, 0.25) is 0 Å². The molecule has 3 rings (SSSR count). The number of piperidine rings is 1. The Morgan fingerprint density at radius 2 is 2.17 bits per heavy atom. The summed E-state index contributed by atoms with van der Waals surface area (Å²) >= 11 is 0. The Hall–Kier alpha value is -0.830. The highest BCUT2D eigenvalue weighted by Crippen LogP contribution is 2.41. The first-order valence-electron chi connectivity index (χ1n) is 7.50. The summed E-state index contributed by atoms with van der Waals surface area (Å²) in [5.74, 6) is 2.31. The van der Waals surface area contributed by atoms with E-state index in [1.807, 2.05) is 0 Å². The van der Waals surface area contributed by atoms with E-state index in [4.69, 9.17) is 0 Å². The molecule has 0 bridgehead atoms. The van der Waals surface area contributed by atoms with Crippen molar-refractivity contribution in [2.24, 2.45) is 11.8 Å². The maximum Gasteiger partial charge on any atom is 0.0950 e. The van der Waals surface area contributed by atoms with Crippen LogP contribution >= 0.6 is 0 Å². The molecule has 2 fully saturated rings. The molecule has 4 atom stereocenters. The van der Waals surface area contributed by atoms with Gasteiger partial charge in [-0.2, -0.15) is 0 Å². The molecule has 0 spiro atoms. The maximum absolute atomic E-state index is 4.44. The van der Waals surface area contributed by atoms with Gasteiger partial charge in [0, 0.05) is 30.4 Å². The molecule has 3 nitrogen and oxygen atoms in total. The minimum Gasteiger partial charge on any atom is -0.331 e. The predicted molar refractivity (Wildman–Crippen MR) is 73.7 cm³/mol. The first kappa shape index (κ1) is 12.2. The summed E-state index contributed by atoms with van der Waals surface area (Å²) in [6.45, 7) is 7.11. The predicted octanol–water partition coefficient (Wildman–Crippen LogP) is 2.96. The fourth-order valence-corrected chi connectivity index (χ4v) is 3.74. The quantitative estimate of drug-likeness (QED) is 0.870. The van der Waals surface area contributed by atoms with Crippen molar-refractivity contribution >= 4 is 0 Å². The molecule has 2 aliphatic rings. The van der Waals surface area contributed by atoms with Gasteiger partial charge >= 0.3 is 0 Å². The molecule has 2 heterocycles. The first-order valence-corrected chi connectivity index (χ1v) is 7.50. The standard InChI is InChI=1S/C15H25N3/c1-11-5-6-14(12(11)2)18-10-17-9-15(18)13-4-3-7-16-8-13/h9-14,16H,3-8H2,1-2H3. The van der Waals surface area contributed by atoms with Crippen LogP contribution < -0.4 is 5.32 Å². The lowest BCUT2D eigenvalue weighted by Crippen LogP contribution is -2.30. The van der Waals surface area contributed by atoms with Crippen LogP contribution in [-0.2, 0) is 0 Å². The highest BCUT2D eigenvalue weighted by atomic mass is 15.1.